The number of hydrogen-bond acceptors (Lipinski definition) is 3. The summed E-state index contributed by atoms with van der Waals surface area (Å²) in [6, 6.07) is 2.82. The molecule has 108 valence electrons. The smallest absolute Gasteiger partial charge is 0.271 e. The number of hydrogen-bond donors (Lipinski definition) is 1. The molecule has 0 bridgehead atoms. The predicted molar refractivity (Wildman–Crippen MR) is 78.9 cm³/mol. The highest BCUT2D eigenvalue weighted by Gasteiger charge is 2.22. The second-order valence-corrected chi connectivity index (χ2v) is 8.56. The molecule has 0 aliphatic rings. The Morgan fingerprint density at radius 2 is 1.95 bits per heavy atom. The van der Waals surface area contributed by atoms with E-state index in [1.165, 1.54) is 6.07 Å². The fourth-order valence-corrected chi connectivity index (χ4v) is 5.00. The highest BCUT2D eigenvalue weighted by molar-refractivity contribution is 9.11. The lowest BCUT2D eigenvalue weighted by molar-refractivity contribution is 0.583. The molecule has 1 N–H and O–H groups in total. The van der Waals surface area contributed by atoms with Crippen LogP contribution in [0.5, 0.6) is 0 Å². The van der Waals surface area contributed by atoms with Crippen molar-refractivity contribution in [2.75, 3.05) is 4.72 Å². The van der Waals surface area contributed by atoms with Gasteiger partial charge in [-0.25, -0.2) is 17.2 Å². The molecule has 0 spiro atoms. The van der Waals surface area contributed by atoms with Crippen molar-refractivity contribution in [1.82, 2.24) is 0 Å². The zero-order valence-corrected chi connectivity index (χ0v) is 13.9. The molecule has 1 aromatic heterocycles. The average molecular weight is 403 g/mol. The van der Waals surface area contributed by atoms with Gasteiger partial charge >= 0.3 is 0 Å². The number of sulfonamides is 1. The number of anilines is 1. The Bertz CT molecular complexity index is 734. The molecule has 0 atom stereocenters. The van der Waals surface area contributed by atoms with E-state index >= 15 is 0 Å². The van der Waals surface area contributed by atoms with Crippen molar-refractivity contribution in [3.63, 3.8) is 0 Å². The molecule has 0 saturated carbocycles. The lowest BCUT2D eigenvalue weighted by Crippen LogP contribution is -2.13. The predicted octanol–water partition coefficient (Wildman–Crippen LogP) is 4.55. The van der Waals surface area contributed by atoms with Crippen LogP contribution >= 0.6 is 38.9 Å². The van der Waals surface area contributed by atoms with Gasteiger partial charge in [-0.3, -0.25) is 4.72 Å². The normalized spacial score (nSPS) is 11.7. The maximum Gasteiger partial charge on any atom is 0.271 e. The van der Waals surface area contributed by atoms with E-state index in [4.69, 9.17) is 11.6 Å². The minimum atomic E-state index is -3.98. The highest BCUT2D eigenvalue weighted by Crippen LogP contribution is 2.33. The van der Waals surface area contributed by atoms with Gasteiger partial charge in [-0.05, 0) is 40.5 Å². The lowest BCUT2D eigenvalue weighted by atomic mass is 10.3. The second kappa shape index (κ2) is 5.59. The number of nitrogens with one attached hydrogen (secondary N) is 1. The van der Waals surface area contributed by atoms with Crippen LogP contribution < -0.4 is 4.72 Å². The van der Waals surface area contributed by atoms with E-state index in [1.807, 2.05) is 4.72 Å². The molecule has 20 heavy (non-hydrogen) atoms. The first kappa shape index (κ1) is 15.7. The fraction of sp³-hybridized carbons (Fsp3) is 0.0909. The van der Waals surface area contributed by atoms with Gasteiger partial charge in [0.2, 0.25) is 0 Å². The van der Waals surface area contributed by atoms with Crippen molar-refractivity contribution in [2.45, 2.75) is 11.1 Å². The van der Waals surface area contributed by atoms with E-state index in [0.717, 1.165) is 23.0 Å². The molecular weight excluding hydrogens is 396 g/mol. The Labute approximate surface area is 131 Å². The molecule has 2 rings (SSSR count). The molecule has 0 aliphatic heterocycles. The molecule has 0 fully saturated rings. The van der Waals surface area contributed by atoms with Gasteiger partial charge < -0.3 is 0 Å². The van der Waals surface area contributed by atoms with Gasteiger partial charge in [-0.15, -0.1) is 11.3 Å². The number of halogens is 4. The van der Waals surface area contributed by atoms with Crippen molar-refractivity contribution >= 4 is 54.6 Å². The van der Waals surface area contributed by atoms with E-state index in [2.05, 4.69) is 15.9 Å². The molecule has 0 saturated heterocycles. The quantitative estimate of drug-likeness (QED) is 0.818. The molecular formula is C11H7BrClF2NO2S2. The Morgan fingerprint density at radius 3 is 2.45 bits per heavy atom. The molecule has 3 nitrogen and oxygen atoms in total. The van der Waals surface area contributed by atoms with Gasteiger partial charge in [-0.2, -0.15) is 0 Å². The number of rotatable bonds is 3. The summed E-state index contributed by atoms with van der Waals surface area (Å²) < 4.78 is 53.4. The minimum absolute atomic E-state index is 0.00154. The van der Waals surface area contributed by atoms with Gasteiger partial charge in [0.1, 0.15) is 15.7 Å². The zero-order chi connectivity index (χ0) is 15.1. The average Bonchev–Trinajstić information content (AvgIpc) is 2.65. The van der Waals surface area contributed by atoms with Crippen LogP contribution in [0.2, 0.25) is 5.02 Å². The van der Waals surface area contributed by atoms with Gasteiger partial charge in [-0.1, -0.05) is 11.6 Å². The van der Waals surface area contributed by atoms with Crippen LogP contribution in [0.1, 0.15) is 5.56 Å². The van der Waals surface area contributed by atoms with Crippen molar-refractivity contribution < 1.29 is 17.2 Å². The Hall–Kier alpha value is -0.700. The molecule has 0 amide bonds. The van der Waals surface area contributed by atoms with Crippen molar-refractivity contribution in [3.05, 3.63) is 44.2 Å². The van der Waals surface area contributed by atoms with E-state index in [1.54, 1.807) is 6.92 Å². The third-order valence-corrected chi connectivity index (χ3v) is 6.60. The van der Waals surface area contributed by atoms with Crippen LogP contribution in [-0.2, 0) is 10.0 Å². The van der Waals surface area contributed by atoms with E-state index in [-0.39, 0.29) is 9.23 Å². The third-order valence-electron chi connectivity index (χ3n) is 2.34. The lowest BCUT2D eigenvalue weighted by Gasteiger charge is -2.09. The third kappa shape index (κ3) is 3.13. The van der Waals surface area contributed by atoms with Crippen LogP contribution in [-0.4, -0.2) is 8.42 Å². The van der Waals surface area contributed by atoms with Crippen LogP contribution in [0.25, 0.3) is 0 Å². The van der Waals surface area contributed by atoms with Gasteiger partial charge in [0.05, 0.1) is 8.81 Å². The van der Waals surface area contributed by atoms with E-state index in [9.17, 15) is 17.2 Å². The summed E-state index contributed by atoms with van der Waals surface area (Å²) in [5.41, 5.74) is 0.260. The fourth-order valence-electron chi connectivity index (χ4n) is 1.39. The standard InChI is InChI=1S/C11H7BrClF2NO2S2/c1-5-2-9(19-11(5)12)20(17,18)16-10-7(13)3-6(14)4-8(10)15/h2-4,16H,1H3. The monoisotopic (exact) mass is 401 g/mol. The highest BCUT2D eigenvalue weighted by atomic mass is 79.9. The topological polar surface area (TPSA) is 46.2 Å². The molecule has 2 aromatic rings. The van der Waals surface area contributed by atoms with Gasteiger partial charge in [0, 0.05) is 6.07 Å². The number of benzene rings is 1. The molecule has 0 unspecified atom stereocenters. The van der Waals surface area contributed by atoms with Crippen LogP contribution in [0.3, 0.4) is 0 Å². The van der Waals surface area contributed by atoms with Crippen LogP contribution in [0, 0.1) is 18.6 Å². The van der Waals surface area contributed by atoms with E-state index < -0.39 is 27.3 Å². The number of aryl methyl sites for hydroxylation is 1. The first-order valence-corrected chi connectivity index (χ1v) is 8.61. The maximum absolute atomic E-state index is 13.6. The summed E-state index contributed by atoms with van der Waals surface area (Å²) in [5.74, 6) is -1.96. The Morgan fingerprint density at radius 1 is 1.30 bits per heavy atom. The summed E-state index contributed by atoms with van der Waals surface area (Å²) in [4.78, 5) is 0. The summed E-state index contributed by atoms with van der Waals surface area (Å²) in [6.07, 6.45) is 0. The summed E-state index contributed by atoms with van der Waals surface area (Å²) in [7, 11) is -3.98. The summed E-state index contributed by atoms with van der Waals surface area (Å²) in [6.45, 7) is 1.73. The molecule has 1 heterocycles. The first-order chi connectivity index (χ1) is 9.20. The minimum Gasteiger partial charge on any atom is -0.274 e. The van der Waals surface area contributed by atoms with Crippen LogP contribution in [0.15, 0.2) is 26.2 Å². The van der Waals surface area contributed by atoms with Crippen molar-refractivity contribution in [3.8, 4) is 0 Å². The summed E-state index contributed by atoms with van der Waals surface area (Å²) >= 11 is 9.84. The molecule has 9 heteroatoms. The van der Waals surface area contributed by atoms with Crippen molar-refractivity contribution in [2.24, 2.45) is 0 Å². The van der Waals surface area contributed by atoms with E-state index in [0.29, 0.717) is 9.85 Å². The van der Waals surface area contributed by atoms with Gasteiger partial charge in [0.25, 0.3) is 10.0 Å². The van der Waals surface area contributed by atoms with Crippen LogP contribution in [0.4, 0.5) is 14.5 Å². The number of thiophene rings is 1. The summed E-state index contributed by atoms with van der Waals surface area (Å²) in [5, 5.41) is -0.349. The zero-order valence-electron chi connectivity index (χ0n) is 9.88. The molecule has 0 radical (unpaired) electrons. The maximum atomic E-state index is 13.6. The molecule has 0 aliphatic carbocycles. The van der Waals surface area contributed by atoms with Gasteiger partial charge in [0.15, 0.2) is 5.82 Å². The Balaban J connectivity index is 2.43. The SMILES string of the molecule is Cc1cc(S(=O)(=O)Nc2c(F)cc(F)cc2Cl)sc1Br. The van der Waals surface area contributed by atoms with Crippen molar-refractivity contribution in [1.29, 1.82) is 0 Å². The largest absolute Gasteiger partial charge is 0.274 e. The first-order valence-electron chi connectivity index (χ1n) is 5.14. The molecule has 1 aromatic carbocycles. The Kier molecular flexibility index (Phi) is 4.38. The second-order valence-electron chi connectivity index (χ2n) is 3.87.